The van der Waals surface area contributed by atoms with Gasteiger partial charge in [-0.15, -0.1) is 10.2 Å². The van der Waals surface area contributed by atoms with Crippen molar-refractivity contribution >= 4 is 26.8 Å². The molecule has 0 atom stereocenters. The molecule has 12 heteroatoms. The summed E-state index contributed by atoms with van der Waals surface area (Å²) in [6.07, 6.45) is 0. The second kappa shape index (κ2) is 8.40. The molecule has 3 heterocycles. The molecule has 0 spiro atoms. The molecule has 0 bridgehead atoms. The highest BCUT2D eigenvalue weighted by molar-refractivity contribution is 7.92. The van der Waals surface area contributed by atoms with E-state index in [0.29, 0.717) is 28.4 Å². The van der Waals surface area contributed by atoms with Crippen LogP contribution in [0.1, 0.15) is 11.4 Å². The third-order valence-corrected chi connectivity index (χ3v) is 6.63. The van der Waals surface area contributed by atoms with Gasteiger partial charge in [-0.25, -0.2) is 17.9 Å². The molecular weight excluding hydrogens is 472 g/mol. The van der Waals surface area contributed by atoms with Gasteiger partial charge in [-0.2, -0.15) is 5.10 Å². The Labute approximate surface area is 199 Å². The van der Waals surface area contributed by atoms with Crippen molar-refractivity contribution < 1.29 is 17.6 Å². The predicted molar refractivity (Wildman–Crippen MR) is 127 cm³/mol. The standard InChI is InChI=1S/C23H20N6O5S/c1-14-12-15(2)29(26-14)21-10-11-22(25-24-21)33-17-6-4-16(5-7-17)27-35(31,32)18-8-9-20-19(13-18)28(3)23(30)34-20/h4-13,27H,1-3H3. The zero-order valence-corrected chi connectivity index (χ0v) is 19.8. The quantitative estimate of drug-likeness (QED) is 0.382. The maximum Gasteiger partial charge on any atom is 0.419 e. The number of anilines is 1. The van der Waals surface area contributed by atoms with E-state index in [1.54, 1.807) is 41.1 Å². The zero-order valence-electron chi connectivity index (χ0n) is 19.0. The van der Waals surface area contributed by atoms with Gasteiger partial charge < -0.3 is 9.15 Å². The molecule has 2 aromatic carbocycles. The summed E-state index contributed by atoms with van der Waals surface area (Å²) >= 11 is 0. The predicted octanol–water partition coefficient (Wildman–Crippen LogP) is 3.32. The number of nitrogens with one attached hydrogen (secondary N) is 1. The molecule has 35 heavy (non-hydrogen) atoms. The maximum atomic E-state index is 12.8. The van der Waals surface area contributed by atoms with Crippen LogP contribution in [0.15, 0.2) is 74.8 Å². The minimum atomic E-state index is -3.90. The van der Waals surface area contributed by atoms with Gasteiger partial charge in [0.05, 0.1) is 16.1 Å². The van der Waals surface area contributed by atoms with Gasteiger partial charge in [0.25, 0.3) is 10.0 Å². The van der Waals surface area contributed by atoms with Gasteiger partial charge >= 0.3 is 5.76 Å². The Morgan fingerprint density at radius 2 is 1.74 bits per heavy atom. The van der Waals surface area contributed by atoms with Gasteiger partial charge in [0.2, 0.25) is 5.88 Å². The summed E-state index contributed by atoms with van der Waals surface area (Å²) in [6, 6.07) is 15.9. The summed E-state index contributed by atoms with van der Waals surface area (Å²) in [6.45, 7) is 3.83. The fourth-order valence-corrected chi connectivity index (χ4v) is 4.62. The van der Waals surface area contributed by atoms with Crippen molar-refractivity contribution in [3.05, 3.63) is 82.6 Å². The highest BCUT2D eigenvalue weighted by Crippen LogP contribution is 2.24. The monoisotopic (exact) mass is 492 g/mol. The molecule has 0 unspecified atom stereocenters. The number of rotatable bonds is 6. The van der Waals surface area contributed by atoms with Crippen LogP contribution >= 0.6 is 0 Å². The number of hydrogen-bond acceptors (Lipinski definition) is 8. The normalized spacial score (nSPS) is 11.6. The Balaban J connectivity index is 1.29. The number of hydrogen-bond donors (Lipinski definition) is 1. The van der Waals surface area contributed by atoms with E-state index < -0.39 is 15.8 Å². The van der Waals surface area contributed by atoms with E-state index in [-0.39, 0.29) is 10.8 Å². The van der Waals surface area contributed by atoms with Crippen molar-refractivity contribution in [2.75, 3.05) is 4.72 Å². The molecular formula is C23H20N6O5S. The summed E-state index contributed by atoms with van der Waals surface area (Å²) in [7, 11) is -2.39. The summed E-state index contributed by atoms with van der Waals surface area (Å²) in [4.78, 5) is 11.7. The molecule has 0 saturated carbocycles. The van der Waals surface area contributed by atoms with Crippen LogP contribution in [0.2, 0.25) is 0 Å². The molecule has 3 aromatic heterocycles. The highest BCUT2D eigenvalue weighted by atomic mass is 32.2. The van der Waals surface area contributed by atoms with E-state index in [1.165, 1.54) is 29.8 Å². The summed E-state index contributed by atoms with van der Waals surface area (Å²) in [5.41, 5.74) is 2.85. The average molecular weight is 493 g/mol. The average Bonchev–Trinajstić information content (AvgIpc) is 3.32. The van der Waals surface area contributed by atoms with Crippen LogP contribution in [-0.4, -0.2) is 33.0 Å². The smallest absolute Gasteiger partial charge is 0.419 e. The Morgan fingerprint density at radius 1 is 0.971 bits per heavy atom. The van der Waals surface area contributed by atoms with Crippen LogP contribution in [0.25, 0.3) is 16.9 Å². The first kappa shape index (κ1) is 22.3. The van der Waals surface area contributed by atoms with E-state index in [9.17, 15) is 13.2 Å². The molecule has 0 saturated heterocycles. The number of aryl methyl sites for hydroxylation is 3. The topological polar surface area (TPSA) is 134 Å². The number of benzene rings is 2. The number of oxazole rings is 1. The molecule has 178 valence electrons. The number of fused-ring (bicyclic) bond motifs is 1. The fraction of sp³-hybridized carbons (Fsp3) is 0.130. The molecule has 11 nitrogen and oxygen atoms in total. The fourth-order valence-electron chi connectivity index (χ4n) is 3.54. The molecule has 0 amide bonds. The summed E-state index contributed by atoms with van der Waals surface area (Å²) in [5.74, 6) is 0.740. The molecule has 5 rings (SSSR count). The summed E-state index contributed by atoms with van der Waals surface area (Å²) in [5, 5.41) is 12.6. The van der Waals surface area contributed by atoms with Crippen molar-refractivity contribution in [1.29, 1.82) is 0 Å². The SMILES string of the molecule is Cc1cc(C)n(-c2ccc(Oc3ccc(NS(=O)(=O)c4ccc5oc(=O)n(C)c5c4)cc3)nn2)n1. The zero-order chi connectivity index (χ0) is 24.7. The number of ether oxygens (including phenoxy) is 1. The van der Waals surface area contributed by atoms with E-state index in [0.717, 1.165) is 11.4 Å². The maximum absolute atomic E-state index is 12.8. The highest BCUT2D eigenvalue weighted by Gasteiger charge is 2.17. The second-order valence-electron chi connectivity index (χ2n) is 7.86. The van der Waals surface area contributed by atoms with Crippen LogP contribution in [0.4, 0.5) is 5.69 Å². The first-order chi connectivity index (χ1) is 16.7. The van der Waals surface area contributed by atoms with Crippen molar-refractivity contribution in [2.24, 2.45) is 7.05 Å². The van der Waals surface area contributed by atoms with Gasteiger partial charge in [0.1, 0.15) is 5.75 Å². The Kier molecular flexibility index (Phi) is 5.36. The van der Waals surface area contributed by atoms with Crippen molar-refractivity contribution in [1.82, 2.24) is 24.5 Å². The molecule has 0 aliphatic rings. The first-order valence-corrected chi connectivity index (χ1v) is 12.0. The largest absolute Gasteiger partial charge is 0.438 e. The van der Waals surface area contributed by atoms with Crippen molar-refractivity contribution in [2.45, 2.75) is 18.7 Å². The molecule has 5 aromatic rings. The van der Waals surface area contributed by atoms with E-state index >= 15 is 0 Å². The molecule has 0 fully saturated rings. The lowest BCUT2D eigenvalue weighted by Crippen LogP contribution is -2.13. The van der Waals surface area contributed by atoms with Gasteiger partial charge in [0.15, 0.2) is 11.4 Å². The van der Waals surface area contributed by atoms with Gasteiger partial charge in [-0.1, -0.05) is 0 Å². The van der Waals surface area contributed by atoms with E-state index in [4.69, 9.17) is 9.15 Å². The van der Waals surface area contributed by atoms with E-state index in [2.05, 4.69) is 20.0 Å². The van der Waals surface area contributed by atoms with Crippen molar-refractivity contribution in [3.8, 4) is 17.4 Å². The van der Waals surface area contributed by atoms with Gasteiger partial charge in [-0.05, 0) is 68.4 Å². The minimum Gasteiger partial charge on any atom is -0.438 e. The van der Waals surface area contributed by atoms with Crippen molar-refractivity contribution in [3.63, 3.8) is 0 Å². The Bertz CT molecular complexity index is 1700. The van der Waals surface area contributed by atoms with Crippen LogP contribution in [-0.2, 0) is 17.1 Å². The summed E-state index contributed by atoms with van der Waals surface area (Å²) < 4.78 is 41.9. The van der Waals surface area contributed by atoms with Gasteiger partial charge in [0, 0.05) is 24.5 Å². The van der Waals surface area contributed by atoms with Crippen LogP contribution in [0.3, 0.4) is 0 Å². The minimum absolute atomic E-state index is 0.000275. The molecule has 1 N–H and O–H groups in total. The number of nitrogens with zero attached hydrogens (tertiary/aromatic N) is 5. The molecule has 0 aliphatic heterocycles. The lowest BCUT2D eigenvalue weighted by Gasteiger charge is -2.10. The molecule has 0 radical (unpaired) electrons. The Hall–Kier alpha value is -4.45. The van der Waals surface area contributed by atoms with E-state index in [1.807, 2.05) is 19.9 Å². The lowest BCUT2D eigenvalue weighted by atomic mass is 10.3. The van der Waals surface area contributed by atoms with Crippen LogP contribution < -0.4 is 15.2 Å². The molecule has 0 aliphatic carbocycles. The van der Waals surface area contributed by atoms with Gasteiger partial charge in [-0.3, -0.25) is 9.29 Å². The Morgan fingerprint density at radius 3 is 2.40 bits per heavy atom. The second-order valence-corrected chi connectivity index (χ2v) is 9.54. The lowest BCUT2D eigenvalue weighted by molar-refractivity contribution is 0.454. The third kappa shape index (κ3) is 4.38. The van der Waals surface area contributed by atoms with Crippen LogP contribution in [0.5, 0.6) is 11.6 Å². The third-order valence-electron chi connectivity index (χ3n) is 5.25. The number of sulfonamides is 1. The number of aromatic nitrogens is 5. The first-order valence-electron chi connectivity index (χ1n) is 10.5. The van der Waals surface area contributed by atoms with Crippen LogP contribution in [0, 0.1) is 13.8 Å².